The topological polar surface area (TPSA) is 108 Å². The first kappa shape index (κ1) is 16.7. The fraction of sp³-hybridized carbons (Fsp3) is 0.294. The smallest absolute Gasteiger partial charge is 0.337 e. The van der Waals surface area contributed by atoms with Crippen molar-refractivity contribution in [3.05, 3.63) is 68.5 Å². The molecule has 1 N–H and O–H groups in total. The van der Waals surface area contributed by atoms with Crippen LogP contribution in [0.15, 0.2) is 52.9 Å². The summed E-state index contributed by atoms with van der Waals surface area (Å²) in [5.74, 6) is -1.80. The van der Waals surface area contributed by atoms with Gasteiger partial charge in [0.2, 0.25) is 6.54 Å². The van der Waals surface area contributed by atoms with E-state index in [4.69, 9.17) is 9.47 Å². The molecule has 8 heteroatoms. The molecule has 1 atom stereocenters. The number of hydrogen-bond donors (Lipinski definition) is 1. The second-order valence-electron chi connectivity index (χ2n) is 5.67. The lowest BCUT2D eigenvalue weighted by Crippen LogP contribution is -2.30. The van der Waals surface area contributed by atoms with Gasteiger partial charge in [-0.2, -0.15) is 0 Å². The highest BCUT2D eigenvalue weighted by molar-refractivity contribution is 6.01. The molecular weight excluding hydrogens is 328 g/mol. The van der Waals surface area contributed by atoms with Crippen molar-refractivity contribution < 1.29 is 24.0 Å². The Morgan fingerprint density at radius 2 is 2.12 bits per heavy atom. The van der Waals surface area contributed by atoms with E-state index in [2.05, 4.69) is 5.32 Å². The Labute approximate surface area is 143 Å². The van der Waals surface area contributed by atoms with Crippen LogP contribution in [0.3, 0.4) is 0 Å². The number of carbonyl (C=O) groups is 2. The highest BCUT2D eigenvalue weighted by Crippen LogP contribution is 2.41. The molecule has 1 aromatic carbocycles. The van der Waals surface area contributed by atoms with Crippen molar-refractivity contribution >= 4 is 11.9 Å². The lowest BCUT2D eigenvalue weighted by molar-refractivity contribution is -0.482. The quantitative estimate of drug-likeness (QED) is 0.487. The molecule has 130 valence electrons. The minimum Gasteiger partial charge on any atom is -0.456 e. The van der Waals surface area contributed by atoms with E-state index in [0.29, 0.717) is 17.0 Å². The average Bonchev–Trinajstić information content (AvgIpc) is 2.94. The third-order valence-electron chi connectivity index (χ3n) is 4.07. The normalized spacial score (nSPS) is 19.2. The van der Waals surface area contributed by atoms with E-state index in [9.17, 15) is 19.7 Å². The summed E-state index contributed by atoms with van der Waals surface area (Å²) < 4.78 is 10.1. The minimum absolute atomic E-state index is 0.124. The van der Waals surface area contributed by atoms with Gasteiger partial charge in [-0.15, -0.1) is 0 Å². The lowest BCUT2D eigenvalue weighted by Gasteiger charge is -2.27. The van der Waals surface area contributed by atoms with E-state index in [1.54, 1.807) is 6.92 Å². The summed E-state index contributed by atoms with van der Waals surface area (Å²) in [4.78, 5) is 34.6. The fourth-order valence-corrected chi connectivity index (χ4v) is 3.01. The van der Waals surface area contributed by atoms with Gasteiger partial charge in [-0.25, -0.2) is 9.59 Å². The first-order chi connectivity index (χ1) is 12.0. The number of rotatable bonds is 5. The van der Waals surface area contributed by atoms with Gasteiger partial charge in [-0.05, 0) is 12.5 Å². The molecule has 0 aliphatic carbocycles. The van der Waals surface area contributed by atoms with Gasteiger partial charge >= 0.3 is 11.9 Å². The van der Waals surface area contributed by atoms with Crippen LogP contribution in [0.1, 0.15) is 18.4 Å². The SMILES string of the molecule is CC1=C(C(=O)OCC[N+](=O)[O-])C(c2ccccc2)C2=C(COC2=O)N1. The van der Waals surface area contributed by atoms with Crippen LogP contribution in [0.5, 0.6) is 0 Å². The maximum absolute atomic E-state index is 12.6. The van der Waals surface area contributed by atoms with E-state index < -0.39 is 29.3 Å². The molecule has 1 unspecified atom stereocenters. The van der Waals surface area contributed by atoms with Gasteiger partial charge < -0.3 is 14.8 Å². The first-order valence-corrected chi connectivity index (χ1v) is 7.71. The standard InChI is InChI=1S/C17H16N2O6/c1-10-13(16(20)24-8-7-19(22)23)14(11-5-3-2-4-6-11)15-12(18-10)9-25-17(15)21/h2-6,14,18H,7-9H2,1H3. The lowest BCUT2D eigenvalue weighted by atomic mass is 9.81. The Hall–Kier alpha value is -3.16. The van der Waals surface area contributed by atoms with Crippen molar-refractivity contribution in [3.63, 3.8) is 0 Å². The van der Waals surface area contributed by atoms with Crippen LogP contribution in [0.25, 0.3) is 0 Å². The van der Waals surface area contributed by atoms with Gasteiger partial charge in [0.05, 0.1) is 22.8 Å². The van der Waals surface area contributed by atoms with Crippen molar-refractivity contribution in [2.24, 2.45) is 0 Å². The van der Waals surface area contributed by atoms with Crippen molar-refractivity contribution in [3.8, 4) is 0 Å². The fourth-order valence-electron chi connectivity index (χ4n) is 3.01. The summed E-state index contributed by atoms with van der Waals surface area (Å²) in [6.45, 7) is 1.02. The van der Waals surface area contributed by atoms with Gasteiger partial charge in [-0.1, -0.05) is 30.3 Å². The van der Waals surface area contributed by atoms with Crippen LogP contribution < -0.4 is 5.32 Å². The minimum atomic E-state index is -0.688. The van der Waals surface area contributed by atoms with Crippen LogP contribution >= 0.6 is 0 Å². The Morgan fingerprint density at radius 1 is 1.40 bits per heavy atom. The van der Waals surface area contributed by atoms with Crippen LogP contribution in [-0.4, -0.2) is 36.6 Å². The Balaban J connectivity index is 1.96. The molecule has 25 heavy (non-hydrogen) atoms. The van der Waals surface area contributed by atoms with E-state index in [0.717, 1.165) is 5.56 Å². The summed E-state index contributed by atoms with van der Waals surface area (Å²) in [6, 6.07) is 9.07. The number of carbonyl (C=O) groups excluding carboxylic acids is 2. The molecule has 8 nitrogen and oxygen atoms in total. The molecule has 1 aromatic rings. The number of benzene rings is 1. The van der Waals surface area contributed by atoms with Crippen LogP contribution in [0.4, 0.5) is 0 Å². The largest absolute Gasteiger partial charge is 0.456 e. The number of allylic oxidation sites excluding steroid dienone is 1. The number of hydrogen-bond acceptors (Lipinski definition) is 7. The predicted molar refractivity (Wildman–Crippen MR) is 85.8 cm³/mol. The number of nitrogens with one attached hydrogen (secondary N) is 1. The molecule has 2 aliphatic heterocycles. The van der Waals surface area contributed by atoms with Gasteiger partial charge in [0.1, 0.15) is 6.61 Å². The third-order valence-corrected chi connectivity index (χ3v) is 4.07. The second-order valence-corrected chi connectivity index (χ2v) is 5.67. The van der Waals surface area contributed by atoms with Crippen LogP contribution in [0.2, 0.25) is 0 Å². The van der Waals surface area contributed by atoms with Crippen molar-refractivity contribution in [2.75, 3.05) is 19.8 Å². The molecule has 0 spiro atoms. The first-order valence-electron chi connectivity index (χ1n) is 7.71. The van der Waals surface area contributed by atoms with E-state index in [1.807, 2.05) is 30.3 Å². The maximum Gasteiger partial charge on any atom is 0.337 e. The monoisotopic (exact) mass is 344 g/mol. The number of ether oxygens (including phenoxy) is 2. The van der Waals surface area contributed by atoms with Gasteiger partial charge in [-0.3, -0.25) is 10.1 Å². The molecule has 0 saturated carbocycles. The summed E-state index contributed by atoms with van der Waals surface area (Å²) in [5.41, 5.74) is 2.54. The number of dihydropyridines is 1. The Morgan fingerprint density at radius 3 is 2.80 bits per heavy atom. The highest BCUT2D eigenvalue weighted by Gasteiger charge is 2.41. The average molecular weight is 344 g/mol. The number of cyclic esters (lactones) is 1. The zero-order chi connectivity index (χ0) is 18.0. The summed E-state index contributed by atoms with van der Waals surface area (Å²) >= 11 is 0. The number of nitrogens with zero attached hydrogens (tertiary/aromatic N) is 1. The summed E-state index contributed by atoms with van der Waals surface area (Å²) in [7, 11) is 0. The summed E-state index contributed by atoms with van der Waals surface area (Å²) in [5, 5.41) is 13.4. The van der Waals surface area contributed by atoms with Gasteiger partial charge in [0.25, 0.3) is 0 Å². The van der Waals surface area contributed by atoms with E-state index in [-0.39, 0.29) is 18.8 Å². The molecule has 0 fully saturated rings. The molecule has 0 saturated heterocycles. The van der Waals surface area contributed by atoms with E-state index in [1.165, 1.54) is 0 Å². The molecule has 2 aliphatic rings. The van der Waals surface area contributed by atoms with Crippen molar-refractivity contribution in [1.82, 2.24) is 5.32 Å². The number of nitro groups is 1. The van der Waals surface area contributed by atoms with Crippen LogP contribution in [0, 0.1) is 10.1 Å². The molecular formula is C17H16N2O6. The second kappa shape index (κ2) is 6.76. The van der Waals surface area contributed by atoms with Crippen LogP contribution in [-0.2, 0) is 19.1 Å². The molecule has 3 rings (SSSR count). The Bertz CT molecular complexity index is 797. The Kier molecular flexibility index (Phi) is 4.51. The molecule has 0 radical (unpaired) electrons. The van der Waals surface area contributed by atoms with Crippen molar-refractivity contribution in [2.45, 2.75) is 12.8 Å². The van der Waals surface area contributed by atoms with Gasteiger partial charge in [0.15, 0.2) is 6.61 Å². The molecule has 0 bridgehead atoms. The maximum atomic E-state index is 12.6. The number of esters is 2. The highest BCUT2D eigenvalue weighted by atomic mass is 16.6. The van der Waals surface area contributed by atoms with E-state index >= 15 is 0 Å². The summed E-state index contributed by atoms with van der Waals surface area (Å²) in [6.07, 6.45) is 0. The van der Waals surface area contributed by atoms with Gasteiger partial charge in [0, 0.05) is 10.6 Å². The molecule has 0 aromatic heterocycles. The van der Waals surface area contributed by atoms with Crippen molar-refractivity contribution in [1.29, 1.82) is 0 Å². The zero-order valence-corrected chi connectivity index (χ0v) is 13.5. The zero-order valence-electron chi connectivity index (χ0n) is 13.5. The third kappa shape index (κ3) is 3.23. The molecule has 0 amide bonds. The molecule has 2 heterocycles. The predicted octanol–water partition coefficient (Wildman–Crippen LogP) is 1.28.